The molecule has 0 saturated carbocycles. The first-order chi connectivity index (χ1) is 12.7. The molecular weight excluding hydrogens is 381 g/mol. The molecule has 1 aliphatic heterocycles. The lowest BCUT2D eigenvalue weighted by molar-refractivity contribution is -0.137. The Morgan fingerprint density at radius 1 is 0.963 bits per heavy atom. The molecule has 27 heavy (non-hydrogen) atoms. The molecule has 0 unspecified atom stereocenters. The van der Waals surface area contributed by atoms with E-state index in [4.69, 9.17) is 0 Å². The van der Waals surface area contributed by atoms with E-state index in [0.29, 0.717) is 24.3 Å². The first-order valence-electron chi connectivity index (χ1n) is 8.26. The molecule has 0 radical (unpaired) electrons. The van der Waals surface area contributed by atoms with Gasteiger partial charge in [-0.15, -0.1) is 0 Å². The van der Waals surface area contributed by atoms with Gasteiger partial charge in [0.15, 0.2) is 0 Å². The molecule has 1 heterocycles. The van der Waals surface area contributed by atoms with E-state index in [1.165, 1.54) is 4.31 Å². The standard InChI is InChI=1S/C18H17F3N2O3S/c19-18(20,21)14-5-3-13(4-6-14)17(24)22-15-7-9-16(10-8-15)23-11-1-2-12-27(23,25)26/h3-10H,1-2,11-12H2,(H,22,24). The number of sulfonamides is 1. The highest BCUT2D eigenvalue weighted by atomic mass is 32.2. The van der Waals surface area contributed by atoms with Crippen LogP contribution in [0.25, 0.3) is 0 Å². The molecule has 1 fully saturated rings. The second-order valence-electron chi connectivity index (χ2n) is 6.17. The van der Waals surface area contributed by atoms with Gasteiger partial charge < -0.3 is 5.32 Å². The Morgan fingerprint density at radius 3 is 2.15 bits per heavy atom. The van der Waals surface area contributed by atoms with Crippen molar-refractivity contribution in [2.75, 3.05) is 21.9 Å². The van der Waals surface area contributed by atoms with Gasteiger partial charge in [-0.25, -0.2) is 8.42 Å². The quantitative estimate of drug-likeness (QED) is 0.853. The SMILES string of the molecule is O=C(Nc1ccc(N2CCCCS2(=O)=O)cc1)c1ccc(C(F)(F)F)cc1. The number of anilines is 2. The molecule has 0 spiro atoms. The summed E-state index contributed by atoms with van der Waals surface area (Å²) < 4.78 is 63.3. The third-order valence-electron chi connectivity index (χ3n) is 4.24. The lowest BCUT2D eigenvalue weighted by Crippen LogP contribution is -2.37. The maximum absolute atomic E-state index is 12.6. The summed E-state index contributed by atoms with van der Waals surface area (Å²) in [5.74, 6) is -0.443. The summed E-state index contributed by atoms with van der Waals surface area (Å²) in [7, 11) is -3.32. The van der Waals surface area contributed by atoms with Crippen LogP contribution in [0, 0.1) is 0 Å². The first kappa shape index (κ1) is 19.2. The Bertz CT molecular complexity index is 924. The van der Waals surface area contributed by atoms with E-state index in [2.05, 4.69) is 5.32 Å². The highest BCUT2D eigenvalue weighted by Crippen LogP contribution is 2.29. The molecule has 3 rings (SSSR count). The van der Waals surface area contributed by atoms with E-state index < -0.39 is 27.7 Å². The van der Waals surface area contributed by atoms with Crippen molar-refractivity contribution in [2.24, 2.45) is 0 Å². The molecule has 0 bridgehead atoms. The summed E-state index contributed by atoms with van der Waals surface area (Å²) in [6.07, 6.45) is -3.04. The predicted molar refractivity (Wildman–Crippen MR) is 96.2 cm³/mol. The van der Waals surface area contributed by atoms with Crippen molar-refractivity contribution < 1.29 is 26.4 Å². The smallest absolute Gasteiger partial charge is 0.322 e. The van der Waals surface area contributed by atoms with Crippen LogP contribution in [0.15, 0.2) is 48.5 Å². The number of alkyl halides is 3. The third kappa shape index (κ3) is 4.41. The van der Waals surface area contributed by atoms with Crippen molar-refractivity contribution >= 4 is 27.3 Å². The Balaban J connectivity index is 1.70. The van der Waals surface area contributed by atoms with Gasteiger partial charge in [0, 0.05) is 17.8 Å². The number of hydrogen-bond acceptors (Lipinski definition) is 3. The lowest BCUT2D eigenvalue weighted by atomic mass is 10.1. The topological polar surface area (TPSA) is 66.5 Å². The minimum absolute atomic E-state index is 0.0886. The largest absolute Gasteiger partial charge is 0.416 e. The van der Waals surface area contributed by atoms with Gasteiger partial charge in [0.25, 0.3) is 5.91 Å². The van der Waals surface area contributed by atoms with Crippen molar-refractivity contribution in [1.29, 1.82) is 0 Å². The minimum atomic E-state index is -4.46. The zero-order valence-corrected chi connectivity index (χ0v) is 15.0. The van der Waals surface area contributed by atoms with E-state index >= 15 is 0 Å². The zero-order valence-electron chi connectivity index (χ0n) is 14.2. The molecule has 9 heteroatoms. The zero-order chi connectivity index (χ0) is 19.7. The van der Waals surface area contributed by atoms with Gasteiger partial charge in [0.05, 0.1) is 17.0 Å². The third-order valence-corrected chi connectivity index (χ3v) is 6.11. The molecule has 1 amide bonds. The van der Waals surface area contributed by atoms with Crippen LogP contribution in [-0.4, -0.2) is 26.6 Å². The fraction of sp³-hybridized carbons (Fsp3) is 0.278. The van der Waals surface area contributed by atoms with Gasteiger partial charge in [-0.3, -0.25) is 9.10 Å². The summed E-state index contributed by atoms with van der Waals surface area (Å²) >= 11 is 0. The average molecular weight is 398 g/mol. The number of nitrogens with zero attached hydrogens (tertiary/aromatic N) is 1. The summed E-state index contributed by atoms with van der Waals surface area (Å²) in [6.45, 7) is 0.416. The van der Waals surface area contributed by atoms with Crippen molar-refractivity contribution in [1.82, 2.24) is 0 Å². The van der Waals surface area contributed by atoms with Gasteiger partial charge in [0.1, 0.15) is 0 Å². The lowest BCUT2D eigenvalue weighted by Gasteiger charge is -2.28. The fourth-order valence-electron chi connectivity index (χ4n) is 2.80. The van der Waals surface area contributed by atoms with Crippen LogP contribution >= 0.6 is 0 Å². The van der Waals surface area contributed by atoms with Crippen LogP contribution in [0.5, 0.6) is 0 Å². The first-order valence-corrected chi connectivity index (χ1v) is 9.87. The van der Waals surface area contributed by atoms with Crippen LogP contribution in [0.4, 0.5) is 24.5 Å². The van der Waals surface area contributed by atoms with Gasteiger partial charge >= 0.3 is 6.18 Å². The van der Waals surface area contributed by atoms with Crippen LogP contribution in [-0.2, 0) is 16.2 Å². The van der Waals surface area contributed by atoms with E-state index in [1.54, 1.807) is 24.3 Å². The van der Waals surface area contributed by atoms with Crippen LogP contribution < -0.4 is 9.62 Å². The molecule has 2 aromatic rings. The number of hydrogen-bond donors (Lipinski definition) is 1. The molecule has 0 aromatic heterocycles. The van der Waals surface area contributed by atoms with Crippen molar-refractivity contribution in [3.05, 3.63) is 59.7 Å². The molecule has 0 aliphatic carbocycles. The summed E-state index contributed by atoms with van der Waals surface area (Å²) in [5, 5.41) is 2.58. The highest BCUT2D eigenvalue weighted by Gasteiger charge is 2.30. The van der Waals surface area contributed by atoms with E-state index in [9.17, 15) is 26.4 Å². The molecule has 1 saturated heterocycles. The Hall–Kier alpha value is -2.55. The van der Waals surface area contributed by atoms with Gasteiger partial charge in [-0.05, 0) is 61.4 Å². The summed E-state index contributed by atoms with van der Waals surface area (Å²) in [5.41, 5.74) is 0.192. The van der Waals surface area contributed by atoms with Crippen molar-refractivity contribution in [3.63, 3.8) is 0 Å². The number of carbonyl (C=O) groups excluding carboxylic acids is 1. The Kier molecular flexibility index (Phi) is 5.14. The van der Waals surface area contributed by atoms with Crippen molar-refractivity contribution in [2.45, 2.75) is 19.0 Å². The van der Waals surface area contributed by atoms with Crippen LogP contribution in [0.3, 0.4) is 0 Å². The van der Waals surface area contributed by atoms with Crippen molar-refractivity contribution in [3.8, 4) is 0 Å². The number of carbonyl (C=O) groups is 1. The minimum Gasteiger partial charge on any atom is -0.322 e. The van der Waals surface area contributed by atoms with E-state index in [1.807, 2.05) is 0 Å². The fourth-order valence-corrected chi connectivity index (χ4v) is 4.44. The maximum Gasteiger partial charge on any atom is 0.416 e. The highest BCUT2D eigenvalue weighted by molar-refractivity contribution is 7.92. The predicted octanol–water partition coefficient (Wildman–Crippen LogP) is 3.89. The molecule has 1 N–H and O–H groups in total. The molecule has 0 atom stereocenters. The molecule has 1 aliphatic rings. The van der Waals surface area contributed by atoms with Gasteiger partial charge in [-0.1, -0.05) is 0 Å². The van der Waals surface area contributed by atoms with Gasteiger partial charge in [0.2, 0.25) is 10.0 Å². The summed E-state index contributed by atoms with van der Waals surface area (Å²) in [4.78, 5) is 12.2. The Labute approximate surface area is 154 Å². The second-order valence-corrected chi connectivity index (χ2v) is 8.18. The molecule has 2 aromatic carbocycles. The van der Waals surface area contributed by atoms with Crippen LogP contribution in [0.2, 0.25) is 0 Å². The molecule has 144 valence electrons. The van der Waals surface area contributed by atoms with Gasteiger partial charge in [-0.2, -0.15) is 13.2 Å². The number of amides is 1. The maximum atomic E-state index is 12.6. The van der Waals surface area contributed by atoms with E-state index in [0.717, 1.165) is 30.7 Å². The normalized spacial score (nSPS) is 16.8. The number of nitrogens with one attached hydrogen (secondary N) is 1. The molecular formula is C18H17F3N2O3S. The van der Waals surface area contributed by atoms with E-state index in [-0.39, 0.29) is 11.3 Å². The molecule has 5 nitrogen and oxygen atoms in total. The monoisotopic (exact) mass is 398 g/mol. The summed E-state index contributed by atoms with van der Waals surface area (Å²) in [6, 6.07) is 10.2. The number of rotatable bonds is 3. The Morgan fingerprint density at radius 2 is 1.59 bits per heavy atom. The average Bonchev–Trinajstić information content (AvgIpc) is 2.61. The van der Waals surface area contributed by atoms with Crippen LogP contribution in [0.1, 0.15) is 28.8 Å². The number of halogens is 3. The number of benzene rings is 2. The second kappa shape index (κ2) is 7.22.